The smallest absolute Gasteiger partial charge is 0.349 e. The van der Waals surface area contributed by atoms with Crippen molar-refractivity contribution in [1.29, 1.82) is 0 Å². The van der Waals surface area contributed by atoms with Crippen molar-refractivity contribution < 1.29 is 9.53 Å². The maximum Gasteiger partial charge on any atom is 0.349 e. The minimum Gasteiger partial charge on any atom is -0.453 e. The molecule has 0 aliphatic heterocycles. The van der Waals surface area contributed by atoms with E-state index in [0.29, 0.717) is 4.88 Å². The largest absolute Gasteiger partial charge is 0.453 e. The molecule has 0 bridgehead atoms. The van der Waals surface area contributed by atoms with E-state index in [1.807, 2.05) is 25.3 Å². The number of rotatable bonds is 4. The number of nitrogen functional groups attached to an aromatic ring is 2. The van der Waals surface area contributed by atoms with Crippen molar-refractivity contribution >= 4 is 29.2 Å². The zero-order valence-corrected chi connectivity index (χ0v) is 12.0. The number of ether oxygens (including phenoxy) is 1. The van der Waals surface area contributed by atoms with Gasteiger partial charge in [0, 0.05) is 0 Å². The molecule has 20 heavy (non-hydrogen) atoms. The van der Waals surface area contributed by atoms with Gasteiger partial charge in [0.15, 0.2) is 12.4 Å². The molecule has 0 amide bonds. The Morgan fingerprint density at radius 2 is 1.95 bits per heavy atom. The van der Waals surface area contributed by atoms with Gasteiger partial charge >= 0.3 is 5.97 Å². The van der Waals surface area contributed by atoms with Crippen molar-refractivity contribution in [3.63, 3.8) is 0 Å². The van der Waals surface area contributed by atoms with E-state index in [1.54, 1.807) is 0 Å². The number of nitrogens with zero attached hydrogens (tertiary/aromatic N) is 3. The second-order valence-electron chi connectivity index (χ2n) is 4.40. The summed E-state index contributed by atoms with van der Waals surface area (Å²) in [4.78, 5) is 24.0. The summed E-state index contributed by atoms with van der Waals surface area (Å²) in [6.45, 7) is 3.95. The summed E-state index contributed by atoms with van der Waals surface area (Å²) in [7, 11) is 0. The lowest BCUT2D eigenvalue weighted by Crippen LogP contribution is -2.11. The lowest BCUT2D eigenvalue weighted by atomic mass is 10.0. The summed E-state index contributed by atoms with van der Waals surface area (Å²) in [6.07, 6.45) is 0. The van der Waals surface area contributed by atoms with Crippen molar-refractivity contribution in [3.8, 4) is 0 Å². The van der Waals surface area contributed by atoms with Crippen LogP contribution in [0.25, 0.3) is 0 Å². The fourth-order valence-corrected chi connectivity index (χ4v) is 2.60. The van der Waals surface area contributed by atoms with Crippen LogP contribution in [0.1, 0.15) is 40.8 Å². The number of hydrogen-bond acceptors (Lipinski definition) is 8. The lowest BCUT2D eigenvalue weighted by Gasteiger charge is -2.07. The van der Waals surface area contributed by atoms with Crippen molar-refractivity contribution in [2.75, 3.05) is 11.5 Å². The van der Waals surface area contributed by atoms with Crippen LogP contribution in [0.2, 0.25) is 0 Å². The summed E-state index contributed by atoms with van der Waals surface area (Å²) in [6, 6.07) is 1.92. The zero-order chi connectivity index (χ0) is 14.7. The second kappa shape index (κ2) is 5.83. The minimum atomic E-state index is -0.402. The van der Waals surface area contributed by atoms with Crippen molar-refractivity contribution in [1.82, 2.24) is 15.0 Å². The SMILES string of the molecule is CC(C)c1ccsc1C(=O)OCc1nc(N)nc(N)n1. The summed E-state index contributed by atoms with van der Waals surface area (Å²) < 4.78 is 5.18. The molecule has 0 aromatic carbocycles. The molecule has 0 spiro atoms. The third-order valence-electron chi connectivity index (χ3n) is 2.55. The Morgan fingerprint density at radius 3 is 2.55 bits per heavy atom. The maximum atomic E-state index is 12.0. The van der Waals surface area contributed by atoms with Crippen LogP contribution in [0.5, 0.6) is 0 Å². The van der Waals surface area contributed by atoms with Crippen LogP contribution in [0, 0.1) is 0 Å². The number of carbonyl (C=O) groups excluding carboxylic acids is 1. The van der Waals surface area contributed by atoms with E-state index in [1.165, 1.54) is 11.3 Å². The van der Waals surface area contributed by atoms with Crippen LogP contribution < -0.4 is 11.5 Å². The average Bonchev–Trinajstić information content (AvgIpc) is 2.84. The quantitative estimate of drug-likeness (QED) is 0.822. The van der Waals surface area contributed by atoms with Crippen molar-refractivity contribution in [2.45, 2.75) is 26.4 Å². The van der Waals surface area contributed by atoms with Gasteiger partial charge in [-0.25, -0.2) is 4.79 Å². The standard InChI is InChI=1S/C12H15N5O2S/c1-6(2)7-3-4-20-9(7)10(18)19-5-8-15-11(13)17-12(14)16-8/h3-4,6H,5H2,1-2H3,(H4,13,14,15,16,17). The third-order valence-corrected chi connectivity index (χ3v) is 3.46. The van der Waals surface area contributed by atoms with Gasteiger partial charge in [-0.05, 0) is 22.9 Å². The number of aromatic nitrogens is 3. The van der Waals surface area contributed by atoms with Crippen molar-refractivity contribution in [3.05, 3.63) is 27.7 Å². The van der Waals surface area contributed by atoms with Crippen molar-refractivity contribution in [2.24, 2.45) is 0 Å². The molecular weight excluding hydrogens is 278 g/mol. The van der Waals surface area contributed by atoms with Gasteiger partial charge in [-0.3, -0.25) is 0 Å². The molecule has 106 valence electrons. The molecular formula is C12H15N5O2S. The summed E-state index contributed by atoms with van der Waals surface area (Å²) in [5.41, 5.74) is 11.9. The Kier molecular flexibility index (Phi) is 4.14. The fourth-order valence-electron chi connectivity index (χ4n) is 1.66. The topological polar surface area (TPSA) is 117 Å². The first-order valence-electron chi connectivity index (χ1n) is 5.97. The number of anilines is 2. The fraction of sp³-hybridized carbons (Fsp3) is 0.333. The molecule has 0 aliphatic rings. The number of nitrogens with two attached hydrogens (primary N) is 2. The van der Waals surface area contributed by atoms with Crippen LogP contribution in [0.15, 0.2) is 11.4 Å². The van der Waals surface area contributed by atoms with E-state index in [0.717, 1.165) is 5.56 Å². The van der Waals surface area contributed by atoms with E-state index in [9.17, 15) is 4.79 Å². The van der Waals surface area contributed by atoms with E-state index in [4.69, 9.17) is 16.2 Å². The van der Waals surface area contributed by atoms with Crippen LogP contribution in [0.4, 0.5) is 11.9 Å². The van der Waals surface area contributed by atoms with Gasteiger partial charge in [0.25, 0.3) is 0 Å². The minimum absolute atomic E-state index is 0.00235. The highest BCUT2D eigenvalue weighted by Crippen LogP contribution is 2.25. The Bertz CT molecular complexity index is 606. The third kappa shape index (κ3) is 3.21. The Hall–Kier alpha value is -2.22. The maximum absolute atomic E-state index is 12.0. The predicted octanol–water partition coefficient (Wildman–Crippen LogP) is 1.58. The van der Waals surface area contributed by atoms with Crippen LogP contribution in [-0.2, 0) is 11.3 Å². The predicted molar refractivity (Wildman–Crippen MR) is 76.2 cm³/mol. The Labute approximate surface area is 120 Å². The molecule has 0 unspecified atom stereocenters. The summed E-state index contributed by atoms with van der Waals surface area (Å²) in [5, 5.41) is 1.87. The van der Waals surface area contributed by atoms with Crippen LogP contribution in [0.3, 0.4) is 0 Å². The van der Waals surface area contributed by atoms with E-state index >= 15 is 0 Å². The van der Waals surface area contributed by atoms with Crippen LogP contribution in [-0.4, -0.2) is 20.9 Å². The second-order valence-corrected chi connectivity index (χ2v) is 5.32. The highest BCUT2D eigenvalue weighted by Gasteiger charge is 2.17. The van der Waals surface area contributed by atoms with Gasteiger partial charge in [0.2, 0.25) is 11.9 Å². The molecule has 4 N–H and O–H groups in total. The van der Waals surface area contributed by atoms with Gasteiger partial charge in [0.1, 0.15) is 4.88 Å². The highest BCUT2D eigenvalue weighted by molar-refractivity contribution is 7.12. The number of carbonyl (C=O) groups is 1. The van der Waals surface area contributed by atoms with Gasteiger partial charge in [-0.2, -0.15) is 15.0 Å². The molecule has 2 aromatic rings. The highest BCUT2D eigenvalue weighted by atomic mass is 32.1. The molecule has 0 saturated heterocycles. The monoisotopic (exact) mass is 293 g/mol. The molecule has 2 aromatic heterocycles. The van der Waals surface area contributed by atoms with Gasteiger partial charge < -0.3 is 16.2 Å². The first-order chi connectivity index (χ1) is 9.47. The molecule has 0 aliphatic carbocycles. The van der Waals surface area contributed by atoms with Gasteiger partial charge in [-0.1, -0.05) is 13.8 Å². The number of hydrogen-bond donors (Lipinski definition) is 2. The summed E-state index contributed by atoms with van der Waals surface area (Å²) >= 11 is 1.35. The summed E-state index contributed by atoms with van der Waals surface area (Å²) in [5.74, 6) is 0.0876. The van der Waals surface area contributed by atoms with E-state index < -0.39 is 5.97 Å². The lowest BCUT2D eigenvalue weighted by molar-refractivity contribution is 0.0466. The molecule has 8 heteroatoms. The Balaban J connectivity index is 2.07. The van der Waals surface area contributed by atoms with Gasteiger partial charge in [0.05, 0.1) is 0 Å². The molecule has 2 rings (SSSR count). The van der Waals surface area contributed by atoms with Gasteiger partial charge in [-0.15, -0.1) is 11.3 Å². The number of thiophene rings is 1. The Morgan fingerprint density at radius 1 is 1.30 bits per heavy atom. The molecule has 7 nitrogen and oxygen atoms in total. The van der Waals surface area contributed by atoms with Crippen LogP contribution >= 0.6 is 11.3 Å². The first-order valence-corrected chi connectivity index (χ1v) is 6.85. The average molecular weight is 293 g/mol. The van der Waals surface area contributed by atoms with E-state index in [-0.39, 0.29) is 30.2 Å². The number of esters is 1. The molecule has 0 atom stereocenters. The molecule has 0 fully saturated rings. The molecule has 0 saturated carbocycles. The molecule has 2 heterocycles. The molecule has 0 radical (unpaired) electrons. The zero-order valence-electron chi connectivity index (χ0n) is 11.2. The van der Waals surface area contributed by atoms with E-state index in [2.05, 4.69) is 15.0 Å². The normalized spacial score (nSPS) is 10.8. The first kappa shape index (κ1) is 14.2.